The zero-order valence-electron chi connectivity index (χ0n) is 12.7. The lowest BCUT2D eigenvalue weighted by Crippen LogP contribution is -2.28. The molecule has 0 saturated carbocycles. The Balaban J connectivity index is 1.53. The minimum absolute atomic E-state index is 0.0757. The Morgan fingerprint density at radius 1 is 1.17 bits per heavy atom. The van der Waals surface area contributed by atoms with Gasteiger partial charge in [0, 0.05) is 6.20 Å². The normalized spacial score (nSPS) is 10.5. The number of amides is 1. The van der Waals surface area contributed by atoms with Gasteiger partial charge in [0.1, 0.15) is 0 Å². The van der Waals surface area contributed by atoms with E-state index in [4.69, 9.17) is 9.47 Å². The molecule has 0 unspecified atom stereocenters. The molecule has 1 aromatic carbocycles. The monoisotopic (exact) mass is 311 g/mol. The standard InChI is InChI=1S/C17H17N3O3/c1-22-15-7-2-3-8-16(15)23-12-17(21)18-11-13-10-14-6-4-5-9-20(14)19-13/h2-10H,11-12H2,1H3,(H,18,21). The number of methoxy groups -OCH3 is 1. The van der Waals surface area contributed by atoms with Crippen LogP contribution in [0.5, 0.6) is 11.5 Å². The number of rotatable bonds is 6. The van der Waals surface area contributed by atoms with Gasteiger partial charge in [-0.2, -0.15) is 5.10 Å². The summed E-state index contributed by atoms with van der Waals surface area (Å²) in [5.41, 5.74) is 1.78. The predicted octanol–water partition coefficient (Wildman–Crippen LogP) is 2.04. The van der Waals surface area contributed by atoms with Gasteiger partial charge in [0.25, 0.3) is 5.91 Å². The third-order valence-corrected chi connectivity index (χ3v) is 3.32. The van der Waals surface area contributed by atoms with Crippen LogP contribution in [0.2, 0.25) is 0 Å². The number of fused-ring (bicyclic) bond motifs is 1. The Morgan fingerprint density at radius 3 is 2.74 bits per heavy atom. The summed E-state index contributed by atoms with van der Waals surface area (Å²) < 4.78 is 12.4. The molecule has 0 atom stereocenters. The van der Waals surface area contributed by atoms with Gasteiger partial charge in [0.15, 0.2) is 18.1 Å². The zero-order valence-corrected chi connectivity index (χ0v) is 12.7. The summed E-state index contributed by atoms with van der Waals surface area (Å²) >= 11 is 0. The molecule has 2 heterocycles. The fourth-order valence-electron chi connectivity index (χ4n) is 2.20. The van der Waals surface area contributed by atoms with Crippen molar-refractivity contribution in [2.75, 3.05) is 13.7 Å². The quantitative estimate of drug-likeness (QED) is 0.756. The minimum atomic E-state index is -0.215. The molecule has 3 rings (SSSR count). The average molecular weight is 311 g/mol. The molecule has 0 bridgehead atoms. The van der Waals surface area contributed by atoms with Crippen molar-refractivity contribution in [3.63, 3.8) is 0 Å². The number of carbonyl (C=O) groups is 1. The van der Waals surface area contributed by atoms with E-state index in [1.807, 2.05) is 42.6 Å². The molecule has 0 fully saturated rings. The van der Waals surface area contributed by atoms with Crippen LogP contribution >= 0.6 is 0 Å². The largest absolute Gasteiger partial charge is 0.493 e. The maximum absolute atomic E-state index is 11.9. The second kappa shape index (κ2) is 6.83. The summed E-state index contributed by atoms with van der Waals surface area (Å²) in [5, 5.41) is 7.16. The van der Waals surface area contributed by atoms with Crippen molar-refractivity contribution in [2.24, 2.45) is 0 Å². The average Bonchev–Trinajstić information content (AvgIpc) is 3.01. The van der Waals surface area contributed by atoms with Crippen LogP contribution in [0.15, 0.2) is 54.7 Å². The van der Waals surface area contributed by atoms with Crippen LogP contribution < -0.4 is 14.8 Å². The summed E-state index contributed by atoms with van der Waals surface area (Å²) in [7, 11) is 1.56. The van der Waals surface area contributed by atoms with E-state index in [-0.39, 0.29) is 12.5 Å². The van der Waals surface area contributed by atoms with E-state index in [0.717, 1.165) is 11.2 Å². The van der Waals surface area contributed by atoms with Crippen LogP contribution in [0.1, 0.15) is 5.69 Å². The van der Waals surface area contributed by atoms with Gasteiger partial charge in [-0.3, -0.25) is 4.79 Å². The molecule has 6 heteroatoms. The number of para-hydroxylation sites is 2. The van der Waals surface area contributed by atoms with Crippen molar-refractivity contribution in [2.45, 2.75) is 6.54 Å². The Labute approximate surface area is 133 Å². The van der Waals surface area contributed by atoms with Crippen LogP contribution in [0.25, 0.3) is 5.52 Å². The number of nitrogens with zero attached hydrogens (tertiary/aromatic N) is 2. The summed E-state index contributed by atoms with van der Waals surface area (Å²) in [4.78, 5) is 11.9. The first-order chi connectivity index (χ1) is 11.3. The second-order valence-electron chi connectivity index (χ2n) is 4.92. The number of pyridine rings is 1. The van der Waals surface area contributed by atoms with Crippen molar-refractivity contribution >= 4 is 11.4 Å². The molecule has 0 aliphatic rings. The molecule has 1 amide bonds. The Hall–Kier alpha value is -3.02. The molecule has 0 radical (unpaired) electrons. The molecule has 0 aliphatic carbocycles. The highest BCUT2D eigenvalue weighted by Gasteiger charge is 2.08. The van der Waals surface area contributed by atoms with E-state index in [2.05, 4.69) is 10.4 Å². The Morgan fingerprint density at radius 2 is 1.96 bits per heavy atom. The molecular formula is C17H17N3O3. The molecule has 3 aromatic rings. The number of nitrogens with one attached hydrogen (secondary N) is 1. The lowest BCUT2D eigenvalue weighted by Gasteiger charge is -2.10. The van der Waals surface area contributed by atoms with E-state index in [0.29, 0.717) is 18.0 Å². The number of hydrogen-bond donors (Lipinski definition) is 1. The zero-order chi connectivity index (χ0) is 16.1. The minimum Gasteiger partial charge on any atom is -0.493 e. The predicted molar refractivity (Wildman–Crippen MR) is 85.5 cm³/mol. The fraction of sp³-hybridized carbons (Fsp3) is 0.176. The maximum Gasteiger partial charge on any atom is 0.258 e. The highest BCUT2D eigenvalue weighted by Crippen LogP contribution is 2.25. The smallest absolute Gasteiger partial charge is 0.258 e. The molecular weight excluding hydrogens is 294 g/mol. The Bertz CT molecular complexity index is 780. The van der Waals surface area contributed by atoms with Crippen LogP contribution in [0, 0.1) is 0 Å². The van der Waals surface area contributed by atoms with E-state index in [1.54, 1.807) is 23.8 Å². The van der Waals surface area contributed by atoms with Gasteiger partial charge in [-0.1, -0.05) is 18.2 Å². The molecule has 0 aliphatic heterocycles. The summed E-state index contributed by atoms with van der Waals surface area (Å²) in [5.74, 6) is 0.923. The highest BCUT2D eigenvalue weighted by atomic mass is 16.5. The second-order valence-corrected chi connectivity index (χ2v) is 4.92. The topological polar surface area (TPSA) is 64.9 Å². The number of carbonyl (C=O) groups excluding carboxylic acids is 1. The number of hydrogen-bond acceptors (Lipinski definition) is 4. The molecule has 1 N–H and O–H groups in total. The van der Waals surface area contributed by atoms with Crippen LogP contribution in [0.3, 0.4) is 0 Å². The first-order valence-electron chi connectivity index (χ1n) is 7.22. The third-order valence-electron chi connectivity index (χ3n) is 3.32. The van der Waals surface area contributed by atoms with Crippen molar-refractivity contribution in [3.8, 4) is 11.5 Å². The van der Waals surface area contributed by atoms with Gasteiger partial charge in [-0.15, -0.1) is 0 Å². The fourth-order valence-corrected chi connectivity index (χ4v) is 2.20. The summed E-state index contributed by atoms with van der Waals surface area (Å²) in [6, 6.07) is 15.0. The molecule has 0 spiro atoms. The van der Waals surface area contributed by atoms with Crippen LogP contribution in [0.4, 0.5) is 0 Å². The van der Waals surface area contributed by atoms with Gasteiger partial charge in [0.2, 0.25) is 0 Å². The van der Waals surface area contributed by atoms with Crippen LogP contribution in [-0.4, -0.2) is 29.2 Å². The molecule has 6 nitrogen and oxygen atoms in total. The number of ether oxygens (including phenoxy) is 2. The van der Waals surface area contributed by atoms with Crippen molar-refractivity contribution < 1.29 is 14.3 Å². The van der Waals surface area contributed by atoms with Gasteiger partial charge >= 0.3 is 0 Å². The maximum atomic E-state index is 11.9. The lowest BCUT2D eigenvalue weighted by molar-refractivity contribution is -0.123. The van der Waals surface area contributed by atoms with Crippen molar-refractivity contribution in [1.82, 2.24) is 14.9 Å². The van der Waals surface area contributed by atoms with Crippen molar-refractivity contribution in [1.29, 1.82) is 0 Å². The summed E-state index contributed by atoms with van der Waals surface area (Å²) in [6.07, 6.45) is 1.87. The highest BCUT2D eigenvalue weighted by molar-refractivity contribution is 5.77. The molecule has 118 valence electrons. The number of benzene rings is 1. The van der Waals surface area contributed by atoms with Crippen LogP contribution in [-0.2, 0) is 11.3 Å². The summed E-state index contributed by atoms with van der Waals surface area (Å²) in [6.45, 7) is 0.281. The van der Waals surface area contributed by atoms with Crippen molar-refractivity contribution in [3.05, 3.63) is 60.4 Å². The molecule has 0 saturated heterocycles. The molecule has 2 aromatic heterocycles. The van der Waals surface area contributed by atoms with Gasteiger partial charge < -0.3 is 14.8 Å². The number of aromatic nitrogens is 2. The Kier molecular flexibility index (Phi) is 4.42. The lowest BCUT2D eigenvalue weighted by atomic mass is 10.3. The van der Waals surface area contributed by atoms with Gasteiger partial charge in [-0.05, 0) is 30.3 Å². The SMILES string of the molecule is COc1ccccc1OCC(=O)NCc1cc2ccccn2n1. The molecule has 23 heavy (non-hydrogen) atoms. The van der Waals surface area contributed by atoms with E-state index >= 15 is 0 Å². The first-order valence-corrected chi connectivity index (χ1v) is 7.22. The first kappa shape index (κ1) is 14.9. The third kappa shape index (κ3) is 3.60. The van der Waals surface area contributed by atoms with E-state index in [9.17, 15) is 4.79 Å². The van der Waals surface area contributed by atoms with E-state index in [1.165, 1.54) is 0 Å². The van der Waals surface area contributed by atoms with E-state index < -0.39 is 0 Å². The van der Waals surface area contributed by atoms with Gasteiger partial charge in [-0.25, -0.2) is 4.52 Å². The van der Waals surface area contributed by atoms with Gasteiger partial charge in [0.05, 0.1) is 24.9 Å².